The van der Waals surface area contributed by atoms with Crippen LogP contribution in [0.2, 0.25) is 0 Å². The topological polar surface area (TPSA) is 107 Å². The van der Waals surface area contributed by atoms with Gasteiger partial charge in [0.2, 0.25) is 5.91 Å². The lowest BCUT2D eigenvalue weighted by Gasteiger charge is -2.19. The summed E-state index contributed by atoms with van der Waals surface area (Å²) in [6, 6.07) is 11.0. The molecule has 0 atom stereocenters. The van der Waals surface area contributed by atoms with E-state index in [1.165, 1.54) is 4.31 Å². The van der Waals surface area contributed by atoms with Gasteiger partial charge in [-0.2, -0.15) is 12.7 Å². The maximum atomic E-state index is 12.4. The van der Waals surface area contributed by atoms with E-state index < -0.39 is 10.2 Å². The summed E-state index contributed by atoms with van der Waals surface area (Å²) in [6.45, 7) is 4.41. The minimum absolute atomic E-state index is 0.000475. The molecular formula is C21H25N5O3S. The number of anilines is 2. The number of amides is 1. The monoisotopic (exact) mass is 427 g/mol. The molecule has 1 saturated carbocycles. The highest BCUT2D eigenvalue weighted by Crippen LogP contribution is 2.33. The third kappa shape index (κ3) is 4.17. The van der Waals surface area contributed by atoms with Gasteiger partial charge in [-0.1, -0.05) is 26.0 Å². The average molecular weight is 428 g/mol. The van der Waals surface area contributed by atoms with Crippen LogP contribution >= 0.6 is 0 Å². The molecule has 2 aromatic heterocycles. The second kappa shape index (κ2) is 8.08. The molecule has 1 aromatic carbocycles. The molecule has 9 heteroatoms. The van der Waals surface area contributed by atoms with Crippen LogP contribution < -0.4 is 10.0 Å². The van der Waals surface area contributed by atoms with Crippen molar-refractivity contribution in [2.45, 2.75) is 26.7 Å². The lowest BCUT2D eigenvalue weighted by molar-refractivity contribution is -0.117. The molecule has 0 radical (unpaired) electrons. The van der Waals surface area contributed by atoms with E-state index in [-0.39, 0.29) is 11.8 Å². The Morgan fingerprint density at radius 3 is 2.50 bits per heavy atom. The van der Waals surface area contributed by atoms with Gasteiger partial charge in [-0.3, -0.25) is 9.52 Å². The Hall–Kier alpha value is -2.91. The molecule has 1 aliphatic rings. The Bertz CT molecular complexity index is 1160. The number of hydrogen-bond acceptors (Lipinski definition) is 4. The van der Waals surface area contributed by atoms with E-state index >= 15 is 0 Å². The van der Waals surface area contributed by atoms with E-state index in [1.54, 1.807) is 32.2 Å². The molecule has 1 amide bonds. The van der Waals surface area contributed by atoms with Crippen LogP contribution in [0.3, 0.4) is 0 Å². The number of fused-ring (bicyclic) bond motifs is 1. The molecule has 1 fully saturated rings. The zero-order chi connectivity index (χ0) is 21.3. The molecule has 158 valence electrons. The van der Waals surface area contributed by atoms with Crippen LogP contribution in [0, 0.1) is 5.92 Å². The number of aromatic amines is 1. The van der Waals surface area contributed by atoms with Crippen LogP contribution in [0.4, 0.5) is 11.5 Å². The van der Waals surface area contributed by atoms with Gasteiger partial charge in [-0.25, -0.2) is 4.98 Å². The number of benzene rings is 1. The van der Waals surface area contributed by atoms with Crippen molar-refractivity contribution in [3.8, 4) is 11.1 Å². The quantitative estimate of drug-likeness (QED) is 0.511. The van der Waals surface area contributed by atoms with Crippen molar-refractivity contribution in [2.24, 2.45) is 5.92 Å². The highest BCUT2D eigenvalue weighted by Gasteiger charge is 2.30. The first kappa shape index (κ1) is 20.4. The molecule has 0 unspecified atom stereocenters. The lowest BCUT2D eigenvalue weighted by Crippen LogP contribution is -2.35. The minimum atomic E-state index is -3.58. The molecule has 0 spiro atoms. The summed E-state index contributed by atoms with van der Waals surface area (Å²) < 4.78 is 28.8. The van der Waals surface area contributed by atoms with Crippen LogP contribution in [0.1, 0.15) is 26.7 Å². The number of carbonyl (C=O) groups is 1. The zero-order valence-electron chi connectivity index (χ0n) is 17.0. The standard InChI is InChI=1S/C21H25N5O3S/c1-3-26(4-2)30(28,29)25-16-9-7-14(8-10-16)18-13-19(24-21(27)15-5-6-15)23-20-17(18)11-12-22-20/h7-13,15,25H,3-6H2,1-2H3,(H2,22,23,24,27). The van der Waals surface area contributed by atoms with Gasteiger partial charge in [0.1, 0.15) is 11.5 Å². The summed E-state index contributed by atoms with van der Waals surface area (Å²) in [5, 5.41) is 3.82. The van der Waals surface area contributed by atoms with Crippen LogP contribution in [-0.2, 0) is 15.0 Å². The first-order valence-corrected chi connectivity index (χ1v) is 11.5. The van der Waals surface area contributed by atoms with Crippen LogP contribution in [-0.4, -0.2) is 41.7 Å². The molecule has 3 aromatic rings. The summed E-state index contributed by atoms with van der Waals surface area (Å²) in [7, 11) is -3.58. The third-order valence-corrected chi connectivity index (χ3v) is 6.91. The second-order valence-electron chi connectivity index (χ2n) is 7.33. The smallest absolute Gasteiger partial charge is 0.301 e. The van der Waals surface area contributed by atoms with Gasteiger partial charge >= 0.3 is 10.2 Å². The number of carbonyl (C=O) groups excluding carboxylic acids is 1. The largest absolute Gasteiger partial charge is 0.346 e. The van der Waals surface area contributed by atoms with Crippen molar-refractivity contribution in [3.05, 3.63) is 42.6 Å². The summed E-state index contributed by atoms with van der Waals surface area (Å²) in [4.78, 5) is 19.7. The van der Waals surface area contributed by atoms with Crippen LogP contribution in [0.25, 0.3) is 22.2 Å². The van der Waals surface area contributed by atoms with Crippen molar-refractivity contribution >= 4 is 38.7 Å². The van der Waals surface area contributed by atoms with Crippen molar-refractivity contribution < 1.29 is 13.2 Å². The fourth-order valence-corrected chi connectivity index (χ4v) is 4.65. The summed E-state index contributed by atoms with van der Waals surface area (Å²) in [6.07, 6.45) is 3.66. The Morgan fingerprint density at radius 1 is 1.17 bits per heavy atom. The molecular weight excluding hydrogens is 402 g/mol. The van der Waals surface area contributed by atoms with E-state index in [1.807, 2.05) is 24.3 Å². The first-order chi connectivity index (χ1) is 14.4. The molecule has 0 aliphatic heterocycles. The van der Waals surface area contributed by atoms with Gasteiger partial charge in [0.15, 0.2) is 0 Å². The molecule has 1 aliphatic carbocycles. The van der Waals surface area contributed by atoms with Crippen LogP contribution in [0.15, 0.2) is 42.6 Å². The van der Waals surface area contributed by atoms with Gasteiger partial charge in [-0.05, 0) is 48.2 Å². The Kier molecular flexibility index (Phi) is 5.48. The molecule has 8 nitrogen and oxygen atoms in total. The predicted octanol–water partition coefficient (Wildman–Crippen LogP) is 3.58. The first-order valence-electron chi connectivity index (χ1n) is 10.1. The van der Waals surface area contributed by atoms with E-state index in [2.05, 4.69) is 20.0 Å². The zero-order valence-corrected chi connectivity index (χ0v) is 17.8. The number of nitrogens with zero attached hydrogens (tertiary/aromatic N) is 2. The summed E-state index contributed by atoms with van der Waals surface area (Å²) >= 11 is 0. The van der Waals surface area contributed by atoms with Crippen LogP contribution in [0.5, 0.6) is 0 Å². The predicted molar refractivity (Wildman–Crippen MR) is 118 cm³/mol. The van der Waals surface area contributed by atoms with Crippen molar-refractivity contribution in [2.75, 3.05) is 23.1 Å². The molecule has 4 rings (SSSR count). The van der Waals surface area contributed by atoms with Gasteiger partial charge in [0, 0.05) is 36.3 Å². The highest BCUT2D eigenvalue weighted by molar-refractivity contribution is 7.90. The van der Waals surface area contributed by atoms with E-state index in [0.29, 0.717) is 30.2 Å². The van der Waals surface area contributed by atoms with E-state index in [9.17, 15) is 13.2 Å². The maximum absolute atomic E-state index is 12.4. The Morgan fingerprint density at radius 2 is 1.87 bits per heavy atom. The number of hydrogen-bond donors (Lipinski definition) is 3. The Balaban J connectivity index is 1.62. The summed E-state index contributed by atoms with van der Waals surface area (Å²) in [5.74, 6) is 0.594. The SMILES string of the molecule is CCN(CC)S(=O)(=O)Nc1ccc(-c2cc(NC(=O)C3CC3)nc3[nH]ccc23)cc1. The van der Waals surface area contributed by atoms with E-state index in [4.69, 9.17) is 0 Å². The van der Waals surface area contributed by atoms with Crippen molar-refractivity contribution in [1.82, 2.24) is 14.3 Å². The fourth-order valence-electron chi connectivity index (χ4n) is 3.41. The maximum Gasteiger partial charge on any atom is 0.301 e. The molecule has 2 heterocycles. The van der Waals surface area contributed by atoms with E-state index in [0.717, 1.165) is 29.4 Å². The molecule has 0 bridgehead atoms. The summed E-state index contributed by atoms with van der Waals surface area (Å²) in [5.41, 5.74) is 2.98. The molecule has 0 saturated heterocycles. The minimum Gasteiger partial charge on any atom is -0.346 e. The van der Waals surface area contributed by atoms with Crippen molar-refractivity contribution in [1.29, 1.82) is 0 Å². The van der Waals surface area contributed by atoms with Gasteiger partial charge in [0.25, 0.3) is 0 Å². The van der Waals surface area contributed by atoms with Gasteiger partial charge in [0.05, 0.1) is 0 Å². The number of H-pyrrole nitrogens is 1. The number of pyridine rings is 1. The molecule has 30 heavy (non-hydrogen) atoms. The number of aromatic nitrogens is 2. The highest BCUT2D eigenvalue weighted by atomic mass is 32.2. The normalized spacial score (nSPS) is 14.2. The third-order valence-electron chi connectivity index (χ3n) is 5.22. The Labute approximate surface area is 175 Å². The number of rotatable bonds is 8. The second-order valence-corrected chi connectivity index (χ2v) is 9.00. The number of nitrogens with one attached hydrogen (secondary N) is 3. The fraction of sp³-hybridized carbons (Fsp3) is 0.333. The van der Waals surface area contributed by atoms with Crippen molar-refractivity contribution in [3.63, 3.8) is 0 Å². The van der Waals surface area contributed by atoms with Gasteiger partial charge in [-0.15, -0.1) is 0 Å². The molecule has 3 N–H and O–H groups in total. The average Bonchev–Trinajstić information content (AvgIpc) is 3.46. The lowest BCUT2D eigenvalue weighted by atomic mass is 10.0. The van der Waals surface area contributed by atoms with Gasteiger partial charge < -0.3 is 10.3 Å².